The highest BCUT2D eigenvalue weighted by Gasteiger charge is 2.11. The molecule has 6 heteroatoms. The smallest absolute Gasteiger partial charge is 0.226 e. The van der Waals surface area contributed by atoms with Crippen LogP contribution in [0.3, 0.4) is 0 Å². The molecule has 4 nitrogen and oxygen atoms in total. The lowest BCUT2D eigenvalue weighted by Gasteiger charge is -2.13. The number of nitrogens with zero attached hydrogens (tertiary/aromatic N) is 1. The SMILES string of the molecule is CCC(CCO)CNC(=O)Cc1csc(-c2cccs2)n1. The van der Waals surface area contributed by atoms with E-state index in [0.29, 0.717) is 18.9 Å². The Balaban J connectivity index is 1.83. The predicted molar refractivity (Wildman–Crippen MR) is 87.6 cm³/mol. The van der Waals surface area contributed by atoms with Crippen LogP contribution in [-0.4, -0.2) is 29.1 Å². The third-order valence-electron chi connectivity index (χ3n) is 3.33. The Morgan fingerprint density at radius 1 is 1.48 bits per heavy atom. The summed E-state index contributed by atoms with van der Waals surface area (Å²) in [6.07, 6.45) is 2.01. The van der Waals surface area contributed by atoms with Gasteiger partial charge < -0.3 is 10.4 Å². The van der Waals surface area contributed by atoms with Crippen molar-refractivity contribution in [3.63, 3.8) is 0 Å². The van der Waals surface area contributed by atoms with Crippen molar-refractivity contribution in [2.75, 3.05) is 13.2 Å². The normalized spacial score (nSPS) is 12.3. The van der Waals surface area contributed by atoms with Crippen LogP contribution in [0.15, 0.2) is 22.9 Å². The Morgan fingerprint density at radius 2 is 2.33 bits per heavy atom. The molecule has 2 heterocycles. The lowest BCUT2D eigenvalue weighted by Crippen LogP contribution is -2.30. The van der Waals surface area contributed by atoms with Crippen LogP contribution in [0.5, 0.6) is 0 Å². The third kappa shape index (κ3) is 4.91. The predicted octanol–water partition coefficient (Wildman–Crippen LogP) is 2.94. The number of carbonyl (C=O) groups is 1. The quantitative estimate of drug-likeness (QED) is 0.785. The number of aromatic nitrogens is 1. The van der Waals surface area contributed by atoms with Crippen LogP contribution in [0, 0.1) is 5.92 Å². The number of amides is 1. The van der Waals surface area contributed by atoms with Crippen molar-refractivity contribution in [1.82, 2.24) is 10.3 Å². The maximum atomic E-state index is 11.9. The van der Waals surface area contributed by atoms with E-state index in [1.165, 1.54) is 0 Å². The zero-order valence-electron chi connectivity index (χ0n) is 12.0. The molecule has 0 bridgehead atoms. The number of thiazole rings is 1. The summed E-state index contributed by atoms with van der Waals surface area (Å²) >= 11 is 3.23. The zero-order chi connectivity index (χ0) is 15.1. The molecule has 0 aliphatic carbocycles. The van der Waals surface area contributed by atoms with E-state index in [1.54, 1.807) is 22.7 Å². The van der Waals surface area contributed by atoms with E-state index < -0.39 is 0 Å². The summed E-state index contributed by atoms with van der Waals surface area (Å²) in [5, 5.41) is 16.8. The third-order valence-corrected chi connectivity index (χ3v) is 5.26. The molecular weight excluding hydrogens is 304 g/mol. The number of hydrogen-bond acceptors (Lipinski definition) is 5. The van der Waals surface area contributed by atoms with Crippen molar-refractivity contribution in [2.24, 2.45) is 5.92 Å². The van der Waals surface area contributed by atoms with Crippen LogP contribution in [0.25, 0.3) is 9.88 Å². The molecule has 114 valence electrons. The number of carbonyl (C=O) groups excluding carboxylic acids is 1. The summed E-state index contributed by atoms with van der Waals surface area (Å²) in [4.78, 5) is 17.6. The van der Waals surface area contributed by atoms with Gasteiger partial charge in [0, 0.05) is 18.5 Å². The number of hydrogen-bond donors (Lipinski definition) is 2. The van der Waals surface area contributed by atoms with Gasteiger partial charge in [0.15, 0.2) is 0 Å². The van der Waals surface area contributed by atoms with Gasteiger partial charge in [-0.15, -0.1) is 22.7 Å². The van der Waals surface area contributed by atoms with Crippen molar-refractivity contribution in [3.05, 3.63) is 28.6 Å². The first kappa shape index (κ1) is 16.1. The summed E-state index contributed by atoms with van der Waals surface area (Å²) in [5.41, 5.74) is 0.816. The van der Waals surface area contributed by atoms with E-state index in [2.05, 4.69) is 17.2 Å². The van der Waals surface area contributed by atoms with E-state index in [-0.39, 0.29) is 12.5 Å². The molecule has 0 saturated heterocycles. The van der Waals surface area contributed by atoms with Gasteiger partial charge in [-0.3, -0.25) is 4.79 Å². The Labute approximate surface area is 132 Å². The van der Waals surface area contributed by atoms with E-state index in [0.717, 1.165) is 28.4 Å². The van der Waals surface area contributed by atoms with Crippen LogP contribution in [0.4, 0.5) is 0 Å². The first-order valence-corrected chi connectivity index (χ1v) is 8.84. The average Bonchev–Trinajstić information content (AvgIpc) is 3.14. The van der Waals surface area contributed by atoms with Gasteiger partial charge in [-0.1, -0.05) is 19.4 Å². The molecule has 21 heavy (non-hydrogen) atoms. The van der Waals surface area contributed by atoms with Crippen LogP contribution in [0.1, 0.15) is 25.5 Å². The van der Waals surface area contributed by atoms with E-state index in [9.17, 15) is 4.79 Å². The Hall–Kier alpha value is -1.24. The van der Waals surface area contributed by atoms with Gasteiger partial charge in [-0.05, 0) is 23.8 Å². The number of thiophene rings is 1. The first-order chi connectivity index (χ1) is 10.2. The Morgan fingerprint density at radius 3 is 3.00 bits per heavy atom. The van der Waals surface area contributed by atoms with Crippen molar-refractivity contribution >= 4 is 28.6 Å². The molecule has 2 rings (SSSR count). The second-order valence-electron chi connectivity index (χ2n) is 4.89. The average molecular weight is 324 g/mol. The van der Waals surface area contributed by atoms with Gasteiger partial charge >= 0.3 is 0 Å². The molecule has 2 N–H and O–H groups in total. The summed E-state index contributed by atoms with van der Waals surface area (Å²) < 4.78 is 0. The molecule has 0 aliphatic rings. The van der Waals surface area contributed by atoms with Crippen molar-refractivity contribution in [2.45, 2.75) is 26.2 Å². The van der Waals surface area contributed by atoms with Crippen molar-refractivity contribution in [1.29, 1.82) is 0 Å². The fraction of sp³-hybridized carbons (Fsp3) is 0.467. The fourth-order valence-corrected chi connectivity index (χ4v) is 3.65. The van der Waals surface area contributed by atoms with Gasteiger partial charge in [0.1, 0.15) is 5.01 Å². The van der Waals surface area contributed by atoms with Crippen LogP contribution in [-0.2, 0) is 11.2 Å². The summed E-state index contributed by atoms with van der Waals surface area (Å²) in [6.45, 7) is 2.86. The highest BCUT2D eigenvalue weighted by Crippen LogP contribution is 2.27. The lowest BCUT2D eigenvalue weighted by atomic mass is 10.0. The van der Waals surface area contributed by atoms with Crippen LogP contribution in [0.2, 0.25) is 0 Å². The first-order valence-electron chi connectivity index (χ1n) is 7.08. The molecule has 1 atom stereocenters. The minimum absolute atomic E-state index is 0.00517. The molecule has 0 fully saturated rings. The van der Waals surface area contributed by atoms with E-state index in [1.807, 2.05) is 22.9 Å². The molecule has 0 radical (unpaired) electrons. The number of aliphatic hydroxyl groups excluding tert-OH is 1. The molecular formula is C15H20N2O2S2. The van der Waals surface area contributed by atoms with E-state index in [4.69, 9.17) is 5.11 Å². The summed E-state index contributed by atoms with van der Waals surface area (Å²) in [6, 6.07) is 4.04. The minimum atomic E-state index is -0.00517. The topological polar surface area (TPSA) is 62.2 Å². The van der Waals surface area contributed by atoms with Gasteiger partial charge in [-0.2, -0.15) is 0 Å². The van der Waals surface area contributed by atoms with Crippen molar-refractivity contribution in [3.8, 4) is 9.88 Å². The zero-order valence-corrected chi connectivity index (χ0v) is 13.7. The molecule has 0 saturated carbocycles. The number of nitrogens with one attached hydrogen (secondary N) is 1. The summed E-state index contributed by atoms with van der Waals surface area (Å²) in [7, 11) is 0. The van der Waals surface area contributed by atoms with Crippen LogP contribution >= 0.6 is 22.7 Å². The Kier molecular flexibility index (Phi) is 6.35. The monoisotopic (exact) mass is 324 g/mol. The van der Waals surface area contributed by atoms with Gasteiger partial charge in [0.05, 0.1) is 17.0 Å². The Bertz CT molecular complexity index is 552. The highest BCUT2D eigenvalue weighted by molar-refractivity contribution is 7.20. The minimum Gasteiger partial charge on any atom is -0.396 e. The second kappa shape index (κ2) is 8.26. The molecule has 1 unspecified atom stereocenters. The fourth-order valence-electron chi connectivity index (χ4n) is 2.02. The maximum Gasteiger partial charge on any atom is 0.226 e. The largest absolute Gasteiger partial charge is 0.396 e. The summed E-state index contributed by atoms with van der Waals surface area (Å²) in [5.74, 6) is 0.338. The van der Waals surface area contributed by atoms with Crippen LogP contribution < -0.4 is 5.32 Å². The lowest BCUT2D eigenvalue weighted by molar-refractivity contribution is -0.120. The standard InChI is InChI=1S/C15H20N2O2S2/c1-2-11(5-6-18)9-16-14(19)8-12-10-21-15(17-12)13-4-3-7-20-13/h3-4,7,10-11,18H,2,5-6,8-9H2,1H3,(H,16,19). The number of aliphatic hydroxyl groups is 1. The molecule has 0 aliphatic heterocycles. The van der Waals surface area contributed by atoms with Gasteiger partial charge in [0.2, 0.25) is 5.91 Å². The van der Waals surface area contributed by atoms with Crippen molar-refractivity contribution < 1.29 is 9.90 Å². The van der Waals surface area contributed by atoms with E-state index >= 15 is 0 Å². The number of rotatable bonds is 8. The van der Waals surface area contributed by atoms with Gasteiger partial charge in [-0.25, -0.2) is 4.98 Å². The molecule has 0 aromatic carbocycles. The molecule has 1 amide bonds. The molecule has 0 spiro atoms. The van der Waals surface area contributed by atoms with Gasteiger partial charge in [0.25, 0.3) is 0 Å². The second-order valence-corrected chi connectivity index (χ2v) is 6.69. The highest BCUT2D eigenvalue weighted by atomic mass is 32.1. The molecule has 2 aromatic rings. The maximum absolute atomic E-state index is 11.9. The molecule has 2 aromatic heterocycles.